The molecule has 10 heteroatoms. The van der Waals surface area contributed by atoms with Gasteiger partial charge in [0.15, 0.2) is 0 Å². The zero-order valence-electron chi connectivity index (χ0n) is 22.6. The monoisotopic (exact) mass is 620 g/mol. The first kappa shape index (κ1) is 29.7. The molecular weight excluding hydrogens is 584 g/mol. The number of esters is 1. The van der Waals surface area contributed by atoms with Crippen LogP contribution in [0.25, 0.3) is 0 Å². The fraction of sp³-hybridized carbons (Fsp3) is 0.552. The highest BCUT2D eigenvalue weighted by Crippen LogP contribution is 2.68. The van der Waals surface area contributed by atoms with Crippen LogP contribution < -0.4 is 9.64 Å². The molecule has 212 valence electrons. The van der Waals surface area contributed by atoms with Gasteiger partial charge in [-0.3, -0.25) is 14.4 Å². The molecule has 3 aliphatic heterocycles. The first-order valence-electron chi connectivity index (χ1n) is 13.3. The first-order valence-corrected chi connectivity index (χ1v) is 15.1. The van der Waals surface area contributed by atoms with Crippen molar-refractivity contribution in [3.63, 3.8) is 0 Å². The van der Waals surface area contributed by atoms with Crippen LogP contribution >= 0.6 is 27.7 Å². The molecule has 39 heavy (non-hydrogen) atoms. The number of aliphatic hydroxyl groups excluding tert-OH is 1. The van der Waals surface area contributed by atoms with Crippen LogP contribution in [0.4, 0.5) is 5.69 Å². The highest BCUT2D eigenvalue weighted by molar-refractivity contribution is 9.09. The van der Waals surface area contributed by atoms with E-state index in [4.69, 9.17) is 9.47 Å². The third-order valence-corrected chi connectivity index (χ3v) is 11.6. The molecule has 3 unspecified atom stereocenters. The Morgan fingerprint density at radius 1 is 1.31 bits per heavy atom. The number of methoxy groups -OCH3 is 1. The number of aliphatic hydroxyl groups is 1. The third-order valence-electron chi connectivity index (χ3n) is 8.38. The maximum Gasteiger partial charge on any atom is 0.311 e. The van der Waals surface area contributed by atoms with Crippen molar-refractivity contribution < 1.29 is 29.0 Å². The van der Waals surface area contributed by atoms with Crippen LogP contribution in [0.3, 0.4) is 0 Å². The topological polar surface area (TPSA) is 96.4 Å². The van der Waals surface area contributed by atoms with Gasteiger partial charge in [-0.1, -0.05) is 54.9 Å². The number of carbonyl (C=O) groups excluding carboxylic acids is 3. The smallest absolute Gasteiger partial charge is 0.311 e. The highest BCUT2D eigenvalue weighted by Gasteiger charge is 2.76. The molecule has 0 saturated carbocycles. The molecule has 3 heterocycles. The molecule has 1 aromatic carbocycles. The average Bonchev–Trinajstić information content (AvgIpc) is 3.54. The second-order valence-corrected chi connectivity index (χ2v) is 13.1. The van der Waals surface area contributed by atoms with Crippen molar-refractivity contribution in [2.45, 2.75) is 53.6 Å². The minimum atomic E-state index is -0.879. The summed E-state index contributed by atoms with van der Waals surface area (Å²) in [6.07, 6.45) is 4.41. The molecule has 2 amide bonds. The summed E-state index contributed by atoms with van der Waals surface area (Å²) in [6, 6.07) is 5.71. The molecule has 8 atom stereocenters. The van der Waals surface area contributed by atoms with Crippen LogP contribution in [0.1, 0.15) is 26.7 Å². The van der Waals surface area contributed by atoms with Crippen molar-refractivity contribution >= 4 is 51.2 Å². The van der Waals surface area contributed by atoms with Crippen LogP contribution in [0.15, 0.2) is 49.6 Å². The normalized spacial score (nSPS) is 30.4. The van der Waals surface area contributed by atoms with Crippen molar-refractivity contribution in [3.8, 4) is 5.75 Å². The van der Waals surface area contributed by atoms with E-state index >= 15 is 0 Å². The number of likely N-dealkylation sites (tertiary alicyclic amines) is 1. The summed E-state index contributed by atoms with van der Waals surface area (Å²) in [5.41, 5.74) is 0.645. The summed E-state index contributed by atoms with van der Waals surface area (Å²) in [4.78, 5) is 45.5. The molecule has 3 aliphatic rings. The Bertz CT molecular complexity index is 1120. The minimum Gasteiger partial charge on any atom is -0.497 e. The second-order valence-electron chi connectivity index (χ2n) is 10.4. The van der Waals surface area contributed by atoms with Crippen molar-refractivity contribution in [3.05, 3.63) is 49.6 Å². The number of alkyl halides is 1. The van der Waals surface area contributed by atoms with E-state index in [0.29, 0.717) is 24.3 Å². The van der Waals surface area contributed by atoms with Gasteiger partial charge in [0.05, 0.1) is 36.3 Å². The molecule has 0 aliphatic carbocycles. The number of fused-ring (bicyclic) bond motifs is 1. The predicted molar refractivity (Wildman–Crippen MR) is 156 cm³/mol. The number of rotatable bonds is 12. The summed E-state index contributed by atoms with van der Waals surface area (Å²) in [5, 5.41) is 10.3. The second kappa shape index (κ2) is 12.1. The number of carbonyl (C=O) groups is 3. The molecule has 0 radical (unpaired) electrons. The zero-order chi connectivity index (χ0) is 28.5. The highest BCUT2D eigenvalue weighted by atomic mass is 79.9. The standard InChI is InChI=1S/C29H37BrN2O6S/c1-6-13-31(18-9-11-19(37-5)12-10-18)27(35)25-29-15-20(30)24(39-29)22(28(36)38-14-7-2)23(29)26(34)32(25)21(16-33)17(4)8-3/h6-7,9-12,17,20-25,33H,1-2,8,13-16H2,3-5H3/t17-,20?,21-,22-,23-,24-,25?,29?/m0/s1. The number of nitrogens with zero attached hydrogens (tertiary/aromatic N) is 2. The number of benzene rings is 1. The average molecular weight is 622 g/mol. The van der Waals surface area contributed by atoms with E-state index in [0.717, 1.165) is 0 Å². The zero-order valence-corrected chi connectivity index (χ0v) is 25.0. The summed E-state index contributed by atoms with van der Waals surface area (Å²) in [5.74, 6) is -1.82. The van der Waals surface area contributed by atoms with Crippen LogP contribution in [0.2, 0.25) is 0 Å². The minimum absolute atomic E-state index is 0.0520. The number of hydrogen-bond acceptors (Lipinski definition) is 7. The summed E-state index contributed by atoms with van der Waals surface area (Å²) >= 11 is 5.31. The molecule has 0 aromatic heterocycles. The van der Waals surface area contributed by atoms with Crippen LogP contribution in [-0.4, -0.2) is 81.6 Å². The van der Waals surface area contributed by atoms with Crippen LogP contribution in [0.5, 0.6) is 5.75 Å². The van der Waals surface area contributed by atoms with Gasteiger partial charge in [0.1, 0.15) is 18.4 Å². The lowest BCUT2D eigenvalue weighted by molar-refractivity contribution is -0.153. The van der Waals surface area contributed by atoms with E-state index < -0.39 is 34.6 Å². The molecule has 1 spiro atoms. The van der Waals surface area contributed by atoms with Gasteiger partial charge in [0.2, 0.25) is 5.91 Å². The number of hydrogen-bond donors (Lipinski definition) is 1. The van der Waals surface area contributed by atoms with Gasteiger partial charge in [-0.15, -0.1) is 18.3 Å². The van der Waals surface area contributed by atoms with Gasteiger partial charge >= 0.3 is 5.97 Å². The van der Waals surface area contributed by atoms with Crippen LogP contribution in [-0.2, 0) is 19.1 Å². The van der Waals surface area contributed by atoms with Gasteiger partial charge in [0.25, 0.3) is 5.91 Å². The van der Waals surface area contributed by atoms with Crippen molar-refractivity contribution in [2.75, 3.05) is 31.8 Å². The summed E-state index contributed by atoms with van der Waals surface area (Å²) < 4.78 is 9.90. The van der Waals surface area contributed by atoms with Gasteiger partial charge in [-0.2, -0.15) is 0 Å². The van der Waals surface area contributed by atoms with Crippen LogP contribution in [0, 0.1) is 17.8 Å². The lowest BCUT2D eigenvalue weighted by Crippen LogP contribution is -2.59. The summed E-state index contributed by atoms with van der Waals surface area (Å²) in [6.45, 7) is 11.5. The molecule has 1 aromatic rings. The molecule has 8 nitrogen and oxygen atoms in total. The van der Waals surface area contributed by atoms with E-state index in [9.17, 15) is 19.5 Å². The van der Waals surface area contributed by atoms with Gasteiger partial charge in [-0.25, -0.2) is 0 Å². The molecule has 3 saturated heterocycles. The maximum atomic E-state index is 14.7. The fourth-order valence-electron chi connectivity index (χ4n) is 6.39. The lowest BCUT2D eigenvalue weighted by Gasteiger charge is -2.41. The Labute approximate surface area is 242 Å². The third kappa shape index (κ3) is 4.93. The Morgan fingerprint density at radius 3 is 2.56 bits per heavy atom. The number of amides is 2. The molecule has 1 N–H and O–H groups in total. The van der Waals surface area contributed by atoms with E-state index in [1.807, 2.05) is 13.8 Å². The fourth-order valence-corrected chi connectivity index (χ4v) is 9.97. The Kier molecular flexibility index (Phi) is 9.18. The molecular formula is C29H37BrN2O6S. The maximum absolute atomic E-state index is 14.7. The van der Waals surface area contributed by atoms with Crippen molar-refractivity contribution in [1.82, 2.24) is 4.90 Å². The number of anilines is 1. The number of thioether (sulfide) groups is 1. The van der Waals surface area contributed by atoms with Crippen molar-refractivity contribution in [1.29, 1.82) is 0 Å². The number of ether oxygens (including phenoxy) is 2. The summed E-state index contributed by atoms with van der Waals surface area (Å²) in [7, 11) is 1.58. The quantitative estimate of drug-likeness (QED) is 0.216. The molecule has 3 fully saturated rings. The van der Waals surface area contributed by atoms with Gasteiger partial charge in [0, 0.05) is 22.3 Å². The SMILES string of the molecule is C=CCOC(=O)[C@H]1[C@H]2C(=O)N([C@@H](CO)[C@@H](C)CC)C(C(=O)N(CC=C)c3ccc(OC)cc3)C23CC(Br)[C@@H]1S3. The lowest BCUT2D eigenvalue weighted by atomic mass is 9.71. The Balaban J connectivity index is 1.84. The molecule has 4 rings (SSSR count). The van der Waals surface area contributed by atoms with Crippen molar-refractivity contribution in [2.24, 2.45) is 17.8 Å². The van der Waals surface area contributed by atoms with E-state index in [2.05, 4.69) is 29.1 Å². The van der Waals surface area contributed by atoms with E-state index in [1.165, 1.54) is 6.08 Å². The Hall–Kier alpha value is -2.30. The largest absolute Gasteiger partial charge is 0.497 e. The predicted octanol–water partition coefficient (Wildman–Crippen LogP) is 3.82. The first-order chi connectivity index (χ1) is 18.7. The number of halogens is 1. The molecule has 2 bridgehead atoms. The van der Waals surface area contributed by atoms with E-state index in [1.54, 1.807) is 59.0 Å². The van der Waals surface area contributed by atoms with Gasteiger partial charge in [-0.05, 0) is 36.6 Å². The van der Waals surface area contributed by atoms with E-state index in [-0.39, 0.29) is 47.6 Å². The van der Waals surface area contributed by atoms with Gasteiger partial charge < -0.3 is 24.4 Å². The Morgan fingerprint density at radius 2 is 2.00 bits per heavy atom.